The van der Waals surface area contributed by atoms with Gasteiger partial charge in [-0.05, 0) is 25.0 Å². The molecule has 6 heteroatoms. The van der Waals surface area contributed by atoms with Crippen LogP contribution in [0.2, 0.25) is 5.02 Å². The average molecular weight is 324 g/mol. The maximum absolute atomic E-state index is 12.5. The predicted octanol–water partition coefficient (Wildman–Crippen LogP) is 2.76. The minimum Gasteiger partial charge on any atom is -0.467 e. The highest BCUT2D eigenvalue weighted by Crippen LogP contribution is 2.30. The van der Waals surface area contributed by atoms with E-state index < -0.39 is 17.4 Å². The van der Waals surface area contributed by atoms with Gasteiger partial charge in [-0.15, -0.1) is 0 Å². The van der Waals surface area contributed by atoms with Gasteiger partial charge in [-0.25, -0.2) is 4.79 Å². The monoisotopic (exact) mass is 323 g/mol. The van der Waals surface area contributed by atoms with Gasteiger partial charge >= 0.3 is 5.97 Å². The van der Waals surface area contributed by atoms with Crippen LogP contribution in [-0.4, -0.2) is 30.8 Å². The molecule has 0 aromatic heterocycles. The molecule has 1 saturated carbocycles. The lowest BCUT2D eigenvalue weighted by molar-refractivity contribution is -0.149. The van der Waals surface area contributed by atoms with Gasteiger partial charge in [0.25, 0.3) is 5.91 Å². The number of rotatable bonds is 4. The molecule has 0 aliphatic heterocycles. The zero-order valence-electron chi connectivity index (χ0n) is 12.4. The van der Waals surface area contributed by atoms with E-state index in [2.05, 4.69) is 5.32 Å². The molecule has 0 saturated heterocycles. The molecule has 1 amide bonds. The maximum Gasteiger partial charge on any atom is 0.331 e. The second kappa shape index (κ2) is 6.92. The van der Waals surface area contributed by atoms with Crippen LogP contribution in [0.1, 0.15) is 52.8 Å². The molecule has 0 spiro atoms. The third-order valence-electron chi connectivity index (χ3n) is 4.05. The summed E-state index contributed by atoms with van der Waals surface area (Å²) in [4.78, 5) is 35.8. The molecule has 0 heterocycles. The number of hydrogen-bond acceptors (Lipinski definition) is 4. The van der Waals surface area contributed by atoms with Crippen molar-refractivity contribution in [3.05, 3.63) is 34.3 Å². The summed E-state index contributed by atoms with van der Waals surface area (Å²) in [7, 11) is 1.31. The lowest BCUT2D eigenvalue weighted by atomic mass is 9.81. The van der Waals surface area contributed by atoms with Crippen LogP contribution in [-0.2, 0) is 9.53 Å². The van der Waals surface area contributed by atoms with Crippen molar-refractivity contribution in [2.24, 2.45) is 0 Å². The normalized spacial score (nSPS) is 16.6. The zero-order chi connectivity index (χ0) is 16.2. The molecule has 0 bridgehead atoms. The summed E-state index contributed by atoms with van der Waals surface area (Å²) in [5.74, 6) is -0.938. The Bertz CT molecular complexity index is 594. The molecule has 0 unspecified atom stereocenters. The number of esters is 1. The van der Waals surface area contributed by atoms with Gasteiger partial charge < -0.3 is 10.1 Å². The first-order chi connectivity index (χ1) is 10.5. The molecule has 118 valence electrons. The largest absolute Gasteiger partial charge is 0.467 e. The van der Waals surface area contributed by atoms with Crippen LogP contribution in [0.15, 0.2) is 18.2 Å². The van der Waals surface area contributed by atoms with Gasteiger partial charge in [0.05, 0.1) is 17.7 Å². The lowest BCUT2D eigenvalue weighted by Gasteiger charge is -2.35. The standard InChI is InChI=1S/C16H18ClNO4/c1-22-15(21)16(8-3-2-4-9-16)18-14(20)11-6-5-7-13(17)12(11)10-19/h5-7,10H,2-4,8-9H2,1H3,(H,18,20). The SMILES string of the molecule is COC(=O)C1(NC(=O)c2cccc(Cl)c2C=O)CCCCC1. The van der Waals surface area contributed by atoms with Crippen molar-refractivity contribution < 1.29 is 19.1 Å². The number of carbonyl (C=O) groups excluding carboxylic acids is 3. The predicted molar refractivity (Wildman–Crippen MR) is 82.1 cm³/mol. The summed E-state index contributed by atoms with van der Waals surface area (Å²) in [5.41, 5.74) is -0.735. The number of halogens is 1. The minimum absolute atomic E-state index is 0.123. The zero-order valence-corrected chi connectivity index (χ0v) is 13.1. The second-order valence-corrected chi connectivity index (χ2v) is 5.81. The van der Waals surface area contributed by atoms with E-state index in [0.717, 1.165) is 19.3 Å². The van der Waals surface area contributed by atoms with E-state index in [-0.39, 0.29) is 16.1 Å². The van der Waals surface area contributed by atoms with Crippen molar-refractivity contribution in [1.82, 2.24) is 5.32 Å². The van der Waals surface area contributed by atoms with E-state index in [4.69, 9.17) is 16.3 Å². The number of aldehydes is 1. The summed E-state index contributed by atoms with van der Waals surface area (Å²) in [5, 5.41) is 2.98. The molecule has 1 fully saturated rings. The highest BCUT2D eigenvalue weighted by atomic mass is 35.5. The third kappa shape index (κ3) is 3.14. The van der Waals surface area contributed by atoms with Crippen LogP contribution < -0.4 is 5.32 Å². The molecule has 0 radical (unpaired) electrons. The fourth-order valence-electron chi connectivity index (χ4n) is 2.87. The van der Waals surface area contributed by atoms with Crippen molar-refractivity contribution in [2.45, 2.75) is 37.6 Å². The Kier molecular flexibility index (Phi) is 5.19. The summed E-state index contributed by atoms with van der Waals surface area (Å²) in [6, 6.07) is 4.65. The fourth-order valence-corrected chi connectivity index (χ4v) is 3.09. The van der Waals surface area contributed by atoms with Crippen LogP contribution in [0, 0.1) is 0 Å². The van der Waals surface area contributed by atoms with Crippen molar-refractivity contribution in [3.63, 3.8) is 0 Å². The van der Waals surface area contributed by atoms with Crippen molar-refractivity contribution in [2.75, 3.05) is 7.11 Å². The molecular formula is C16H18ClNO4. The number of amides is 1. The third-order valence-corrected chi connectivity index (χ3v) is 4.38. The van der Waals surface area contributed by atoms with Gasteiger partial charge in [-0.2, -0.15) is 0 Å². The van der Waals surface area contributed by atoms with E-state index in [0.29, 0.717) is 19.1 Å². The van der Waals surface area contributed by atoms with Gasteiger partial charge in [0.15, 0.2) is 6.29 Å². The summed E-state index contributed by atoms with van der Waals surface area (Å²) in [6.07, 6.45) is 4.30. The molecule has 1 N–H and O–H groups in total. The number of nitrogens with one attached hydrogen (secondary N) is 1. The smallest absolute Gasteiger partial charge is 0.331 e. The van der Waals surface area contributed by atoms with Crippen LogP contribution in [0.3, 0.4) is 0 Å². The van der Waals surface area contributed by atoms with E-state index in [1.165, 1.54) is 13.2 Å². The van der Waals surface area contributed by atoms with E-state index in [1.54, 1.807) is 12.1 Å². The van der Waals surface area contributed by atoms with Crippen LogP contribution in [0.5, 0.6) is 0 Å². The molecule has 1 aromatic rings. The molecule has 22 heavy (non-hydrogen) atoms. The van der Waals surface area contributed by atoms with Crippen molar-refractivity contribution in [1.29, 1.82) is 0 Å². The number of carbonyl (C=O) groups is 3. The number of methoxy groups -OCH3 is 1. The Hall–Kier alpha value is -1.88. The van der Waals surface area contributed by atoms with E-state index >= 15 is 0 Å². The van der Waals surface area contributed by atoms with Gasteiger partial charge in [-0.3, -0.25) is 9.59 Å². The topological polar surface area (TPSA) is 72.5 Å². The summed E-state index contributed by atoms with van der Waals surface area (Å²) in [6.45, 7) is 0. The molecule has 2 rings (SSSR count). The number of hydrogen-bond donors (Lipinski definition) is 1. The first-order valence-electron chi connectivity index (χ1n) is 7.19. The molecule has 1 aliphatic rings. The molecule has 1 aliphatic carbocycles. The number of benzene rings is 1. The Balaban J connectivity index is 2.31. The lowest BCUT2D eigenvalue weighted by Crippen LogP contribution is -2.56. The maximum atomic E-state index is 12.5. The number of ether oxygens (including phenoxy) is 1. The van der Waals surface area contributed by atoms with Crippen LogP contribution in [0.25, 0.3) is 0 Å². The Morgan fingerprint density at radius 1 is 1.27 bits per heavy atom. The first kappa shape index (κ1) is 16.5. The highest BCUT2D eigenvalue weighted by Gasteiger charge is 2.42. The van der Waals surface area contributed by atoms with Gasteiger partial charge in [0.2, 0.25) is 0 Å². The minimum atomic E-state index is -1.02. The van der Waals surface area contributed by atoms with Crippen molar-refractivity contribution >= 4 is 29.8 Å². The first-order valence-corrected chi connectivity index (χ1v) is 7.56. The Morgan fingerprint density at radius 3 is 2.55 bits per heavy atom. The van der Waals surface area contributed by atoms with Crippen molar-refractivity contribution in [3.8, 4) is 0 Å². The average Bonchev–Trinajstić information content (AvgIpc) is 2.54. The highest BCUT2D eigenvalue weighted by molar-refractivity contribution is 6.33. The van der Waals surface area contributed by atoms with Gasteiger partial charge in [0.1, 0.15) is 5.54 Å². The molecule has 0 atom stereocenters. The summed E-state index contributed by atoms with van der Waals surface area (Å²) >= 11 is 5.94. The Labute approximate surface area is 134 Å². The van der Waals surface area contributed by atoms with E-state index in [9.17, 15) is 14.4 Å². The van der Waals surface area contributed by atoms with Gasteiger partial charge in [-0.1, -0.05) is 36.9 Å². The summed E-state index contributed by atoms with van der Waals surface area (Å²) < 4.78 is 4.86. The molecule has 5 nitrogen and oxygen atoms in total. The molecule has 1 aromatic carbocycles. The Morgan fingerprint density at radius 2 is 1.95 bits per heavy atom. The quantitative estimate of drug-likeness (QED) is 0.683. The van der Waals surface area contributed by atoms with E-state index in [1.807, 2.05) is 0 Å². The fraction of sp³-hybridized carbons (Fsp3) is 0.438. The van der Waals surface area contributed by atoms with Crippen LogP contribution >= 0.6 is 11.6 Å². The van der Waals surface area contributed by atoms with Gasteiger partial charge in [0, 0.05) is 5.56 Å². The molecular weight excluding hydrogens is 306 g/mol. The second-order valence-electron chi connectivity index (χ2n) is 5.41. The van der Waals surface area contributed by atoms with Crippen LogP contribution in [0.4, 0.5) is 0 Å².